The van der Waals surface area contributed by atoms with E-state index in [0.717, 1.165) is 18.7 Å². The summed E-state index contributed by atoms with van der Waals surface area (Å²) in [7, 11) is 1.72. The number of benzene rings is 1. The molecule has 4 heteroatoms. The summed E-state index contributed by atoms with van der Waals surface area (Å²) in [5, 5.41) is 3.50. The highest BCUT2D eigenvalue weighted by molar-refractivity contribution is 7.09. The number of hydrogen-bond acceptors (Lipinski definition) is 4. The normalized spacial score (nSPS) is 12.3. The third-order valence-corrected chi connectivity index (χ3v) is 3.75. The smallest absolute Gasteiger partial charge is 0.122 e. The second-order valence-corrected chi connectivity index (χ2v) is 4.95. The lowest BCUT2D eigenvalue weighted by molar-refractivity contribution is 0.406. The molecule has 0 aliphatic carbocycles. The fourth-order valence-electron chi connectivity index (χ4n) is 2.01. The number of para-hydroxylation sites is 1. The van der Waals surface area contributed by atoms with Crippen LogP contribution >= 0.6 is 11.3 Å². The van der Waals surface area contributed by atoms with Crippen molar-refractivity contribution in [1.29, 1.82) is 0 Å². The molecule has 1 aromatic carbocycles. The maximum atomic E-state index is 5.40. The Balaban J connectivity index is 2.18. The van der Waals surface area contributed by atoms with E-state index in [2.05, 4.69) is 23.3 Å². The van der Waals surface area contributed by atoms with Crippen molar-refractivity contribution in [2.24, 2.45) is 0 Å². The Labute approximate surface area is 112 Å². The van der Waals surface area contributed by atoms with Crippen molar-refractivity contribution >= 4 is 11.3 Å². The Hall–Kier alpha value is -1.39. The van der Waals surface area contributed by atoms with Gasteiger partial charge < -0.3 is 10.1 Å². The predicted octanol–water partition coefficient (Wildman–Crippen LogP) is 3.05. The minimum absolute atomic E-state index is 0.304. The quantitative estimate of drug-likeness (QED) is 0.869. The van der Waals surface area contributed by atoms with Crippen molar-refractivity contribution in [3.63, 3.8) is 0 Å². The van der Waals surface area contributed by atoms with Gasteiger partial charge in [0.15, 0.2) is 0 Å². The summed E-state index contributed by atoms with van der Waals surface area (Å²) in [6, 6.07) is 8.47. The minimum Gasteiger partial charge on any atom is -0.496 e. The summed E-state index contributed by atoms with van der Waals surface area (Å²) in [6.07, 6.45) is 2.85. The van der Waals surface area contributed by atoms with Crippen LogP contribution in [0.1, 0.15) is 23.4 Å². The van der Waals surface area contributed by atoms with E-state index in [-0.39, 0.29) is 0 Å². The number of ether oxygens (including phenoxy) is 1. The molecule has 1 heterocycles. The third-order valence-electron chi connectivity index (χ3n) is 2.86. The van der Waals surface area contributed by atoms with E-state index in [1.54, 1.807) is 18.4 Å². The molecule has 0 aliphatic rings. The van der Waals surface area contributed by atoms with Gasteiger partial charge in [0.25, 0.3) is 0 Å². The van der Waals surface area contributed by atoms with Crippen molar-refractivity contribution in [2.75, 3.05) is 13.7 Å². The first-order valence-corrected chi connectivity index (χ1v) is 6.96. The molecule has 18 heavy (non-hydrogen) atoms. The summed E-state index contributed by atoms with van der Waals surface area (Å²) < 4.78 is 5.40. The van der Waals surface area contributed by atoms with Gasteiger partial charge in [-0.15, -0.1) is 11.3 Å². The molecule has 0 amide bonds. The molecule has 0 saturated heterocycles. The molecule has 0 aliphatic heterocycles. The van der Waals surface area contributed by atoms with Gasteiger partial charge in [0, 0.05) is 17.1 Å². The van der Waals surface area contributed by atoms with E-state index in [9.17, 15) is 0 Å². The molecular weight excluding hydrogens is 244 g/mol. The van der Waals surface area contributed by atoms with Crippen molar-refractivity contribution in [3.8, 4) is 5.75 Å². The SMILES string of the molecule is CCNC(Cc1ccccc1OC)c1cncs1. The summed E-state index contributed by atoms with van der Waals surface area (Å²) in [5.41, 5.74) is 3.10. The average molecular weight is 262 g/mol. The lowest BCUT2D eigenvalue weighted by Gasteiger charge is -2.17. The lowest BCUT2D eigenvalue weighted by Crippen LogP contribution is -2.22. The second kappa shape index (κ2) is 6.52. The fourth-order valence-corrected chi connectivity index (χ4v) is 2.71. The van der Waals surface area contributed by atoms with Crippen LogP contribution in [0.4, 0.5) is 0 Å². The van der Waals surface area contributed by atoms with Crippen LogP contribution in [0, 0.1) is 0 Å². The number of methoxy groups -OCH3 is 1. The first kappa shape index (κ1) is 13.1. The molecule has 3 nitrogen and oxygen atoms in total. The highest BCUT2D eigenvalue weighted by atomic mass is 32.1. The predicted molar refractivity (Wildman–Crippen MR) is 75.2 cm³/mol. The molecule has 1 unspecified atom stereocenters. The molecule has 1 aromatic heterocycles. The summed E-state index contributed by atoms with van der Waals surface area (Å²) >= 11 is 1.69. The van der Waals surface area contributed by atoms with E-state index in [1.165, 1.54) is 10.4 Å². The molecule has 0 radical (unpaired) electrons. The van der Waals surface area contributed by atoms with E-state index in [0.29, 0.717) is 6.04 Å². The number of thiazole rings is 1. The van der Waals surface area contributed by atoms with Gasteiger partial charge in [-0.3, -0.25) is 4.98 Å². The molecule has 2 aromatic rings. The second-order valence-electron chi connectivity index (χ2n) is 4.03. The van der Waals surface area contributed by atoms with Crippen LogP contribution in [0.25, 0.3) is 0 Å². The molecule has 0 spiro atoms. The van der Waals surface area contributed by atoms with Gasteiger partial charge in [0.1, 0.15) is 5.75 Å². The van der Waals surface area contributed by atoms with E-state index in [4.69, 9.17) is 4.74 Å². The molecular formula is C14H18N2OS. The molecule has 1 N–H and O–H groups in total. The van der Waals surface area contributed by atoms with Crippen LogP contribution < -0.4 is 10.1 Å². The van der Waals surface area contributed by atoms with Crippen molar-refractivity contribution in [1.82, 2.24) is 10.3 Å². The van der Waals surface area contributed by atoms with E-state index in [1.807, 2.05) is 29.9 Å². The van der Waals surface area contributed by atoms with Crippen molar-refractivity contribution in [2.45, 2.75) is 19.4 Å². The maximum Gasteiger partial charge on any atom is 0.122 e. The molecule has 0 fully saturated rings. The van der Waals surface area contributed by atoms with E-state index >= 15 is 0 Å². The van der Waals surface area contributed by atoms with Gasteiger partial charge >= 0.3 is 0 Å². The number of nitrogens with zero attached hydrogens (tertiary/aromatic N) is 1. The largest absolute Gasteiger partial charge is 0.496 e. The van der Waals surface area contributed by atoms with Crippen LogP contribution in [0.2, 0.25) is 0 Å². The lowest BCUT2D eigenvalue weighted by atomic mass is 10.0. The van der Waals surface area contributed by atoms with Gasteiger partial charge in [-0.1, -0.05) is 25.1 Å². The van der Waals surface area contributed by atoms with Gasteiger partial charge in [-0.2, -0.15) is 0 Å². The summed E-state index contributed by atoms with van der Waals surface area (Å²) in [6.45, 7) is 3.06. The molecule has 0 bridgehead atoms. The van der Waals surface area contributed by atoms with Gasteiger partial charge in [0.2, 0.25) is 0 Å². The summed E-state index contributed by atoms with van der Waals surface area (Å²) in [4.78, 5) is 5.42. The fraction of sp³-hybridized carbons (Fsp3) is 0.357. The summed E-state index contributed by atoms with van der Waals surface area (Å²) in [5.74, 6) is 0.949. The standard InChI is InChI=1S/C14H18N2OS/c1-3-16-12(14-9-15-10-18-14)8-11-6-4-5-7-13(11)17-2/h4-7,9-10,12,16H,3,8H2,1-2H3. The highest BCUT2D eigenvalue weighted by Crippen LogP contribution is 2.26. The number of aromatic nitrogens is 1. The molecule has 96 valence electrons. The topological polar surface area (TPSA) is 34.1 Å². The molecule has 1 atom stereocenters. The zero-order chi connectivity index (χ0) is 12.8. The van der Waals surface area contributed by atoms with E-state index < -0.39 is 0 Å². The Morgan fingerprint density at radius 3 is 2.89 bits per heavy atom. The third kappa shape index (κ3) is 3.09. The monoisotopic (exact) mass is 262 g/mol. The maximum absolute atomic E-state index is 5.40. The Morgan fingerprint density at radius 1 is 1.39 bits per heavy atom. The number of likely N-dealkylation sites (N-methyl/N-ethyl adjacent to an activating group) is 1. The van der Waals surface area contributed by atoms with Crippen LogP contribution in [-0.2, 0) is 6.42 Å². The Kier molecular flexibility index (Phi) is 4.73. The zero-order valence-corrected chi connectivity index (χ0v) is 11.5. The molecule has 2 rings (SSSR count). The van der Waals surface area contributed by atoms with Crippen LogP contribution in [0.5, 0.6) is 5.75 Å². The average Bonchev–Trinajstić information content (AvgIpc) is 2.92. The van der Waals surface area contributed by atoms with Crippen molar-refractivity contribution < 1.29 is 4.74 Å². The van der Waals surface area contributed by atoms with Crippen LogP contribution in [0.15, 0.2) is 36.0 Å². The highest BCUT2D eigenvalue weighted by Gasteiger charge is 2.14. The van der Waals surface area contributed by atoms with Crippen LogP contribution in [0.3, 0.4) is 0 Å². The first-order chi connectivity index (χ1) is 8.85. The van der Waals surface area contributed by atoms with Crippen molar-refractivity contribution in [3.05, 3.63) is 46.4 Å². The number of nitrogens with one attached hydrogen (secondary N) is 1. The molecule has 0 saturated carbocycles. The minimum atomic E-state index is 0.304. The number of rotatable bonds is 6. The van der Waals surface area contributed by atoms with Crippen LogP contribution in [-0.4, -0.2) is 18.6 Å². The Morgan fingerprint density at radius 2 is 2.22 bits per heavy atom. The zero-order valence-electron chi connectivity index (χ0n) is 10.7. The van der Waals surface area contributed by atoms with Gasteiger partial charge in [-0.25, -0.2) is 0 Å². The van der Waals surface area contributed by atoms with Gasteiger partial charge in [-0.05, 0) is 24.6 Å². The van der Waals surface area contributed by atoms with Gasteiger partial charge in [0.05, 0.1) is 12.6 Å². The number of hydrogen-bond donors (Lipinski definition) is 1. The first-order valence-electron chi connectivity index (χ1n) is 6.08. The Bertz CT molecular complexity index is 470.